The minimum absolute atomic E-state index is 0.0134. The molecule has 0 saturated carbocycles. The Bertz CT molecular complexity index is 680. The van der Waals surface area contributed by atoms with E-state index in [1.807, 2.05) is 0 Å². The maximum absolute atomic E-state index is 13.3. The fraction of sp³-hybridized carbons (Fsp3) is 0.500. The van der Waals surface area contributed by atoms with E-state index in [1.54, 1.807) is 0 Å². The number of hydrogen-bond acceptors (Lipinski definition) is 4. The Hall–Kier alpha value is -1.58. The zero-order valence-corrected chi connectivity index (χ0v) is 13.1. The molecule has 6 nitrogen and oxygen atoms in total. The summed E-state index contributed by atoms with van der Waals surface area (Å²) >= 11 is 0. The van der Waals surface area contributed by atoms with Crippen molar-refractivity contribution >= 4 is 16.0 Å². The number of halogens is 2. The van der Waals surface area contributed by atoms with Gasteiger partial charge in [0.15, 0.2) is 11.6 Å². The van der Waals surface area contributed by atoms with E-state index < -0.39 is 33.7 Å². The van der Waals surface area contributed by atoms with Crippen molar-refractivity contribution in [1.82, 2.24) is 4.31 Å². The van der Waals surface area contributed by atoms with Crippen molar-refractivity contribution in [3.05, 3.63) is 35.4 Å². The lowest BCUT2D eigenvalue weighted by Gasteiger charge is -2.32. The van der Waals surface area contributed by atoms with Crippen LogP contribution in [0.2, 0.25) is 0 Å². The molecular formula is C14H17F2NO5S. The quantitative estimate of drug-likeness (QED) is 0.842. The molecule has 0 spiro atoms. The van der Waals surface area contributed by atoms with Gasteiger partial charge in [-0.2, -0.15) is 4.31 Å². The van der Waals surface area contributed by atoms with E-state index in [-0.39, 0.29) is 38.3 Å². The number of sulfonamides is 1. The van der Waals surface area contributed by atoms with E-state index in [0.717, 1.165) is 12.1 Å². The van der Waals surface area contributed by atoms with Crippen LogP contribution in [0.1, 0.15) is 24.5 Å². The van der Waals surface area contributed by atoms with Gasteiger partial charge in [-0.25, -0.2) is 17.2 Å². The summed E-state index contributed by atoms with van der Waals surface area (Å²) in [5, 5.41) is 8.57. The molecule has 1 N–H and O–H groups in total. The van der Waals surface area contributed by atoms with Crippen LogP contribution in [0, 0.1) is 11.6 Å². The molecule has 1 saturated heterocycles. The minimum atomic E-state index is -3.62. The molecule has 1 fully saturated rings. The largest absolute Gasteiger partial charge is 0.481 e. The highest BCUT2D eigenvalue weighted by Gasteiger charge is 2.30. The molecule has 23 heavy (non-hydrogen) atoms. The van der Waals surface area contributed by atoms with Crippen LogP contribution in [0.4, 0.5) is 8.78 Å². The van der Waals surface area contributed by atoms with Gasteiger partial charge in [0.25, 0.3) is 0 Å². The topological polar surface area (TPSA) is 83.9 Å². The average molecular weight is 349 g/mol. The summed E-state index contributed by atoms with van der Waals surface area (Å²) in [6.45, 7) is 0.262. The number of carboxylic acids is 1. The Labute approximate surface area is 132 Å². The minimum Gasteiger partial charge on any atom is -0.481 e. The van der Waals surface area contributed by atoms with Gasteiger partial charge in [0.2, 0.25) is 10.0 Å². The lowest BCUT2D eigenvalue weighted by Crippen LogP contribution is -2.43. The van der Waals surface area contributed by atoms with Gasteiger partial charge in [-0.15, -0.1) is 0 Å². The number of carbonyl (C=O) groups is 1. The molecule has 1 aliphatic heterocycles. The third-order valence-electron chi connectivity index (χ3n) is 3.53. The number of nitrogens with zero attached hydrogens (tertiary/aromatic N) is 1. The molecule has 1 unspecified atom stereocenters. The summed E-state index contributed by atoms with van der Waals surface area (Å²) in [5.41, 5.74) is 0.356. The summed E-state index contributed by atoms with van der Waals surface area (Å²) in [6, 6.07) is 3.30. The molecule has 128 valence electrons. The van der Waals surface area contributed by atoms with Gasteiger partial charge in [-0.3, -0.25) is 4.79 Å². The van der Waals surface area contributed by atoms with Crippen molar-refractivity contribution < 1.29 is 31.8 Å². The number of rotatable bonds is 6. The van der Waals surface area contributed by atoms with E-state index in [4.69, 9.17) is 9.84 Å². The van der Waals surface area contributed by atoms with E-state index in [2.05, 4.69) is 0 Å². The zero-order valence-electron chi connectivity index (χ0n) is 12.2. The maximum Gasteiger partial charge on any atom is 0.303 e. The van der Waals surface area contributed by atoms with Gasteiger partial charge in [0, 0.05) is 19.5 Å². The summed E-state index contributed by atoms with van der Waals surface area (Å²) in [6.07, 6.45) is -0.894. The second kappa shape index (κ2) is 7.33. The molecule has 1 aromatic carbocycles. The first-order valence-corrected chi connectivity index (χ1v) is 8.66. The second-order valence-corrected chi connectivity index (χ2v) is 7.29. The van der Waals surface area contributed by atoms with Gasteiger partial charge >= 0.3 is 5.97 Å². The normalized spacial score (nSPS) is 19.7. The van der Waals surface area contributed by atoms with E-state index in [0.29, 0.717) is 5.56 Å². The summed E-state index contributed by atoms with van der Waals surface area (Å²) < 4.78 is 57.3. The smallest absolute Gasteiger partial charge is 0.303 e. The van der Waals surface area contributed by atoms with Gasteiger partial charge in [-0.05, 0) is 24.1 Å². The Balaban J connectivity index is 2.04. The number of aliphatic carboxylic acids is 1. The summed E-state index contributed by atoms with van der Waals surface area (Å²) in [7, 11) is -3.62. The third-order valence-corrected chi connectivity index (χ3v) is 5.45. The number of hydrogen-bond donors (Lipinski definition) is 1. The Morgan fingerprint density at radius 2 is 2.09 bits per heavy atom. The van der Waals surface area contributed by atoms with Crippen LogP contribution < -0.4 is 0 Å². The van der Waals surface area contributed by atoms with Crippen molar-refractivity contribution in [2.45, 2.75) is 18.9 Å². The molecule has 0 bridgehead atoms. The Kier molecular flexibility index (Phi) is 5.66. The first-order chi connectivity index (χ1) is 10.8. The first kappa shape index (κ1) is 17.8. The standard InChI is InChI=1S/C14H17F2NO5S/c15-11-4-3-10(8-12(11)16)13-9-17(5-6-22-13)23(20,21)7-1-2-14(18)19/h3-4,8,13H,1-2,5-7,9H2,(H,18,19). The van der Waals surface area contributed by atoms with E-state index in [9.17, 15) is 22.0 Å². The molecule has 0 aliphatic carbocycles. The highest BCUT2D eigenvalue weighted by molar-refractivity contribution is 7.89. The number of morpholine rings is 1. The Morgan fingerprint density at radius 3 is 2.74 bits per heavy atom. The van der Waals surface area contributed by atoms with Gasteiger partial charge in [0.1, 0.15) is 0 Å². The zero-order chi connectivity index (χ0) is 17.0. The molecule has 2 rings (SSSR count). The first-order valence-electron chi connectivity index (χ1n) is 7.06. The molecule has 1 heterocycles. The van der Waals surface area contributed by atoms with Crippen LogP contribution in [-0.4, -0.2) is 49.2 Å². The van der Waals surface area contributed by atoms with Gasteiger partial charge in [-0.1, -0.05) is 6.07 Å². The Morgan fingerprint density at radius 1 is 1.35 bits per heavy atom. The van der Waals surface area contributed by atoms with E-state index >= 15 is 0 Å². The van der Waals surface area contributed by atoms with Crippen LogP contribution in [-0.2, 0) is 19.6 Å². The van der Waals surface area contributed by atoms with Crippen molar-refractivity contribution in [2.75, 3.05) is 25.4 Å². The summed E-state index contributed by atoms with van der Waals surface area (Å²) in [5.74, 6) is -3.33. The highest BCUT2D eigenvalue weighted by Crippen LogP contribution is 2.25. The fourth-order valence-corrected chi connectivity index (χ4v) is 3.81. The predicted octanol–water partition coefficient (Wildman–Crippen LogP) is 1.53. The van der Waals surface area contributed by atoms with E-state index in [1.165, 1.54) is 10.4 Å². The number of ether oxygens (including phenoxy) is 1. The van der Waals surface area contributed by atoms with Crippen molar-refractivity contribution in [3.63, 3.8) is 0 Å². The molecule has 1 atom stereocenters. The summed E-state index contributed by atoms with van der Waals surface area (Å²) in [4.78, 5) is 10.5. The number of carboxylic acid groups (broad SMARTS) is 1. The fourth-order valence-electron chi connectivity index (χ4n) is 2.33. The van der Waals surface area contributed by atoms with Crippen molar-refractivity contribution in [1.29, 1.82) is 0 Å². The van der Waals surface area contributed by atoms with Crippen LogP contribution in [0.25, 0.3) is 0 Å². The molecule has 1 aliphatic rings. The SMILES string of the molecule is O=C(O)CCCS(=O)(=O)N1CCOC(c2ccc(F)c(F)c2)C1. The predicted molar refractivity (Wildman–Crippen MR) is 77.3 cm³/mol. The molecule has 0 radical (unpaired) electrons. The molecule has 0 aromatic heterocycles. The molecule has 9 heteroatoms. The van der Waals surface area contributed by atoms with Crippen LogP contribution in [0.15, 0.2) is 18.2 Å². The molecular weight excluding hydrogens is 332 g/mol. The average Bonchev–Trinajstić information content (AvgIpc) is 2.49. The lowest BCUT2D eigenvalue weighted by molar-refractivity contribution is -0.137. The van der Waals surface area contributed by atoms with Crippen LogP contribution in [0.3, 0.4) is 0 Å². The maximum atomic E-state index is 13.3. The number of benzene rings is 1. The monoisotopic (exact) mass is 349 g/mol. The second-order valence-electron chi connectivity index (χ2n) is 5.20. The van der Waals surface area contributed by atoms with Gasteiger partial charge in [0.05, 0.1) is 18.5 Å². The van der Waals surface area contributed by atoms with Crippen LogP contribution in [0.5, 0.6) is 0 Å². The highest BCUT2D eigenvalue weighted by atomic mass is 32.2. The third kappa shape index (κ3) is 4.69. The molecule has 1 aromatic rings. The van der Waals surface area contributed by atoms with Crippen molar-refractivity contribution in [3.8, 4) is 0 Å². The van der Waals surface area contributed by atoms with Gasteiger partial charge < -0.3 is 9.84 Å². The molecule has 0 amide bonds. The van der Waals surface area contributed by atoms with Crippen molar-refractivity contribution in [2.24, 2.45) is 0 Å². The van der Waals surface area contributed by atoms with Crippen LogP contribution >= 0.6 is 0 Å². The lowest BCUT2D eigenvalue weighted by atomic mass is 10.1.